The molecule has 1 saturated heterocycles. The molecule has 1 aliphatic carbocycles. The summed E-state index contributed by atoms with van der Waals surface area (Å²) in [6.45, 7) is 10.4. The summed E-state index contributed by atoms with van der Waals surface area (Å²) in [5.41, 5.74) is 2.79. The molecule has 0 unspecified atom stereocenters. The third kappa shape index (κ3) is 2.60. The van der Waals surface area contributed by atoms with Crippen molar-refractivity contribution in [3.05, 3.63) is 42.0 Å². The number of aryl methyl sites for hydroxylation is 1. The zero-order valence-corrected chi connectivity index (χ0v) is 15.2. The molecule has 2 aromatic rings. The van der Waals surface area contributed by atoms with E-state index in [9.17, 15) is 0 Å². The fraction of sp³-hybridized carbons (Fsp3) is 0.526. The van der Waals surface area contributed by atoms with Crippen LogP contribution in [0, 0.1) is 6.92 Å². The van der Waals surface area contributed by atoms with Crippen molar-refractivity contribution in [1.82, 2.24) is 9.55 Å². The van der Waals surface area contributed by atoms with Gasteiger partial charge in [-0.2, -0.15) is 0 Å². The number of imidazole rings is 1. The van der Waals surface area contributed by atoms with Crippen LogP contribution in [-0.2, 0) is 9.31 Å². The van der Waals surface area contributed by atoms with E-state index in [1.165, 1.54) is 18.5 Å². The topological polar surface area (TPSA) is 36.3 Å². The molecule has 1 aromatic carbocycles. The van der Waals surface area contributed by atoms with Gasteiger partial charge in [-0.25, -0.2) is 4.98 Å². The minimum Gasteiger partial charge on any atom is -0.399 e. The maximum Gasteiger partial charge on any atom is 0.494 e. The number of aromatic nitrogens is 2. The lowest BCUT2D eigenvalue weighted by Gasteiger charge is -2.32. The van der Waals surface area contributed by atoms with E-state index >= 15 is 0 Å². The molecule has 0 radical (unpaired) electrons. The normalized spacial score (nSPS) is 22.1. The van der Waals surface area contributed by atoms with Crippen LogP contribution in [-0.4, -0.2) is 27.9 Å². The molecule has 2 aliphatic rings. The smallest absolute Gasteiger partial charge is 0.399 e. The first-order valence-corrected chi connectivity index (χ1v) is 8.79. The predicted octanol–water partition coefficient (Wildman–Crippen LogP) is 3.36. The van der Waals surface area contributed by atoms with E-state index in [4.69, 9.17) is 14.3 Å². The summed E-state index contributed by atoms with van der Waals surface area (Å²) in [7, 11) is -0.310. The largest absolute Gasteiger partial charge is 0.494 e. The van der Waals surface area contributed by atoms with Gasteiger partial charge in [0, 0.05) is 17.8 Å². The summed E-state index contributed by atoms with van der Waals surface area (Å²) in [6.07, 6.45) is 4.73. The number of nitrogens with zero attached hydrogens (tertiary/aromatic N) is 2. The third-order valence-electron chi connectivity index (χ3n) is 5.59. The van der Waals surface area contributed by atoms with Crippen molar-refractivity contribution in [2.24, 2.45) is 0 Å². The van der Waals surface area contributed by atoms with Crippen molar-refractivity contribution in [2.45, 2.75) is 64.6 Å². The molecule has 5 heteroatoms. The highest BCUT2D eigenvalue weighted by atomic mass is 16.7. The van der Waals surface area contributed by atoms with Crippen LogP contribution in [0.3, 0.4) is 0 Å². The molecule has 0 atom stereocenters. The summed E-state index contributed by atoms with van der Waals surface area (Å²) in [5.74, 6) is 1.72. The second kappa shape index (κ2) is 5.20. The molecule has 4 rings (SSSR count). The molecule has 1 aliphatic heterocycles. The van der Waals surface area contributed by atoms with Crippen molar-refractivity contribution in [2.75, 3.05) is 0 Å². The average Bonchev–Trinajstić information content (AvgIpc) is 3.24. The van der Waals surface area contributed by atoms with Crippen molar-refractivity contribution < 1.29 is 9.31 Å². The molecule has 0 N–H and O–H groups in total. The maximum absolute atomic E-state index is 6.12. The van der Waals surface area contributed by atoms with Gasteiger partial charge in [0.2, 0.25) is 0 Å². The van der Waals surface area contributed by atoms with Crippen LogP contribution >= 0.6 is 0 Å². The van der Waals surface area contributed by atoms with Crippen LogP contribution in [0.1, 0.15) is 58.0 Å². The Morgan fingerprint density at radius 1 is 1.04 bits per heavy atom. The van der Waals surface area contributed by atoms with Gasteiger partial charge in [-0.15, -0.1) is 0 Å². The molecule has 126 valence electrons. The summed E-state index contributed by atoms with van der Waals surface area (Å²) < 4.78 is 14.4. The lowest BCUT2D eigenvalue weighted by atomic mass is 9.79. The third-order valence-corrected chi connectivity index (χ3v) is 5.59. The Morgan fingerprint density at radius 2 is 1.62 bits per heavy atom. The fourth-order valence-corrected chi connectivity index (χ4v) is 3.10. The second-order valence-corrected chi connectivity index (χ2v) is 8.04. The molecule has 0 bridgehead atoms. The van der Waals surface area contributed by atoms with Crippen molar-refractivity contribution in [3.63, 3.8) is 0 Å². The minimum atomic E-state index is -0.310. The fourth-order valence-electron chi connectivity index (χ4n) is 3.10. The Balaban J connectivity index is 1.57. The Bertz CT molecular complexity index is 744. The molecule has 4 nitrogen and oxygen atoms in total. The van der Waals surface area contributed by atoms with Gasteiger partial charge in [0.15, 0.2) is 0 Å². The number of rotatable bonds is 3. The molecular weight excluding hydrogens is 299 g/mol. The number of hydrogen-bond donors (Lipinski definition) is 0. The predicted molar refractivity (Wildman–Crippen MR) is 96.0 cm³/mol. The van der Waals surface area contributed by atoms with E-state index in [1.54, 1.807) is 0 Å². The monoisotopic (exact) mass is 324 g/mol. The first-order chi connectivity index (χ1) is 11.3. The Morgan fingerprint density at radius 3 is 2.17 bits per heavy atom. The van der Waals surface area contributed by atoms with Crippen molar-refractivity contribution in [3.8, 4) is 5.69 Å². The van der Waals surface area contributed by atoms with Crippen LogP contribution < -0.4 is 5.46 Å². The van der Waals surface area contributed by atoms with E-state index in [1.807, 2.05) is 0 Å². The standard InChI is InChI=1S/C19H25BN2O2/c1-13-21-17(14-6-7-14)12-22(13)16-10-8-15(9-11-16)20-23-18(2,3)19(4,5)24-20/h8-12,14H,6-7H2,1-5H3. The molecule has 0 amide bonds. The lowest BCUT2D eigenvalue weighted by Crippen LogP contribution is -2.41. The Kier molecular flexibility index (Phi) is 3.45. The highest BCUT2D eigenvalue weighted by Crippen LogP contribution is 2.39. The first-order valence-electron chi connectivity index (χ1n) is 8.79. The zero-order chi connectivity index (χ0) is 17.1. The van der Waals surface area contributed by atoms with E-state index in [-0.39, 0.29) is 18.3 Å². The van der Waals surface area contributed by atoms with Crippen molar-refractivity contribution in [1.29, 1.82) is 0 Å². The van der Waals surface area contributed by atoms with Gasteiger partial charge < -0.3 is 13.9 Å². The molecule has 24 heavy (non-hydrogen) atoms. The van der Waals surface area contributed by atoms with Gasteiger partial charge in [0.25, 0.3) is 0 Å². The lowest BCUT2D eigenvalue weighted by molar-refractivity contribution is 0.00578. The highest BCUT2D eigenvalue weighted by Gasteiger charge is 2.51. The number of benzene rings is 1. The molecule has 0 spiro atoms. The summed E-state index contributed by atoms with van der Waals surface area (Å²) >= 11 is 0. The van der Waals surface area contributed by atoms with Gasteiger partial charge in [0.1, 0.15) is 5.82 Å². The molecule has 2 fully saturated rings. The van der Waals surface area contributed by atoms with Crippen LogP contribution in [0.5, 0.6) is 0 Å². The average molecular weight is 324 g/mol. The van der Waals surface area contributed by atoms with E-state index in [0.29, 0.717) is 5.92 Å². The molecular formula is C19H25BN2O2. The van der Waals surface area contributed by atoms with Crippen LogP contribution in [0.15, 0.2) is 30.5 Å². The number of hydrogen-bond acceptors (Lipinski definition) is 3. The van der Waals surface area contributed by atoms with Crippen molar-refractivity contribution >= 4 is 12.6 Å². The quantitative estimate of drug-likeness (QED) is 0.813. The SMILES string of the molecule is Cc1nc(C2CC2)cn1-c1ccc(B2OC(C)(C)C(C)(C)O2)cc1. The zero-order valence-electron chi connectivity index (χ0n) is 15.2. The first kappa shape index (κ1) is 15.9. The second-order valence-electron chi connectivity index (χ2n) is 8.04. The minimum absolute atomic E-state index is 0.309. The summed E-state index contributed by atoms with van der Waals surface area (Å²) in [4.78, 5) is 4.70. The van der Waals surface area contributed by atoms with Gasteiger partial charge in [0.05, 0.1) is 16.9 Å². The molecule has 2 heterocycles. The molecule has 1 saturated carbocycles. The van der Waals surface area contributed by atoms with Gasteiger partial charge >= 0.3 is 7.12 Å². The summed E-state index contributed by atoms with van der Waals surface area (Å²) in [5, 5.41) is 0. The maximum atomic E-state index is 6.12. The van der Waals surface area contributed by atoms with Crippen LogP contribution in [0.25, 0.3) is 5.69 Å². The highest BCUT2D eigenvalue weighted by molar-refractivity contribution is 6.62. The van der Waals surface area contributed by atoms with E-state index in [2.05, 4.69) is 69.6 Å². The van der Waals surface area contributed by atoms with Crippen LogP contribution in [0.2, 0.25) is 0 Å². The van der Waals surface area contributed by atoms with Crippen LogP contribution in [0.4, 0.5) is 0 Å². The van der Waals surface area contributed by atoms with E-state index < -0.39 is 0 Å². The van der Waals surface area contributed by atoms with Gasteiger partial charge in [-0.05, 0) is 65.1 Å². The molecule has 1 aromatic heterocycles. The summed E-state index contributed by atoms with van der Waals surface area (Å²) in [6, 6.07) is 8.42. The van der Waals surface area contributed by atoms with Gasteiger partial charge in [-0.3, -0.25) is 0 Å². The van der Waals surface area contributed by atoms with Gasteiger partial charge in [-0.1, -0.05) is 12.1 Å². The Hall–Kier alpha value is -1.59. The Labute approximate surface area is 144 Å². The van der Waals surface area contributed by atoms with E-state index in [0.717, 1.165) is 17.0 Å².